The Bertz CT molecular complexity index is 1120. The minimum atomic E-state index is -0.796. The third-order valence-electron chi connectivity index (χ3n) is 11.0. The van der Waals surface area contributed by atoms with Crippen LogP contribution in [0.4, 0.5) is 0 Å². The number of hydrogen-bond donors (Lipinski definition) is 0. The molecule has 1 atom stereocenters. The first kappa shape index (κ1) is 58.1. The third-order valence-corrected chi connectivity index (χ3v) is 11.0. The molecular weight excluding hydrogens is 757 g/mol. The minimum Gasteiger partial charge on any atom is -0.462 e. The van der Waals surface area contributed by atoms with Gasteiger partial charge in [0.25, 0.3) is 0 Å². The van der Waals surface area contributed by atoms with Gasteiger partial charge in [0.2, 0.25) is 0 Å². The van der Waals surface area contributed by atoms with Crippen molar-refractivity contribution in [3.05, 3.63) is 60.8 Å². The van der Waals surface area contributed by atoms with Crippen LogP contribution in [0.5, 0.6) is 0 Å². The highest BCUT2D eigenvalue weighted by molar-refractivity contribution is 5.71. The monoisotopic (exact) mass is 853 g/mol. The highest BCUT2D eigenvalue weighted by Crippen LogP contribution is 2.15. The molecular formula is C55H96O6. The normalized spacial score (nSPS) is 12.5. The zero-order valence-electron chi connectivity index (χ0n) is 40.2. The van der Waals surface area contributed by atoms with Crippen LogP contribution in [0.15, 0.2) is 60.8 Å². The Balaban J connectivity index is 4.44. The molecule has 0 aromatic carbocycles. The molecule has 0 aromatic rings. The predicted octanol–water partition coefficient (Wildman–Crippen LogP) is 16.9. The van der Waals surface area contributed by atoms with Gasteiger partial charge in [-0.1, -0.05) is 210 Å². The quantitative estimate of drug-likeness (QED) is 0.0263. The predicted molar refractivity (Wildman–Crippen MR) is 261 cm³/mol. The van der Waals surface area contributed by atoms with Gasteiger partial charge in [0.15, 0.2) is 6.10 Å². The summed E-state index contributed by atoms with van der Waals surface area (Å²) >= 11 is 0. The number of allylic oxidation sites excluding steroid dienone is 10. The molecule has 0 aliphatic carbocycles. The van der Waals surface area contributed by atoms with E-state index in [9.17, 15) is 14.4 Å². The standard InChI is InChI=1S/C55H96O6/c1-4-7-10-13-16-19-22-25-27-30-33-36-39-42-45-48-54(57)60-51-52(50-59-53(56)47-44-41-38-35-32-29-24-21-18-15-12-9-6-3)61-55(58)49-46-43-40-37-34-31-28-26-23-20-17-14-11-8-5-2/h8,11,17,20-21,24,26,28,34,37,52H,4-7,9-10,12-16,18-19,22-23,25,27,29-33,35-36,38-51H2,1-3H3/b11-8-,20-17-,24-21-,28-26-,37-34-/t52-/m1/s1. The maximum Gasteiger partial charge on any atom is 0.306 e. The Morgan fingerprint density at radius 2 is 0.639 bits per heavy atom. The fourth-order valence-corrected chi connectivity index (χ4v) is 7.13. The fourth-order valence-electron chi connectivity index (χ4n) is 7.13. The van der Waals surface area contributed by atoms with Crippen LogP contribution in [0, 0.1) is 0 Å². The summed E-state index contributed by atoms with van der Waals surface area (Å²) in [6, 6.07) is 0. The maximum atomic E-state index is 12.8. The molecule has 0 N–H and O–H groups in total. The van der Waals surface area contributed by atoms with Gasteiger partial charge in [0.1, 0.15) is 13.2 Å². The Hall–Kier alpha value is -2.89. The smallest absolute Gasteiger partial charge is 0.306 e. The third kappa shape index (κ3) is 48.0. The van der Waals surface area contributed by atoms with Gasteiger partial charge >= 0.3 is 17.9 Å². The zero-order valence-corrected chi connectivity index (χ0v) is 40.2. The summed E-state index contributed by atoms with van der Waals surface area (Å²) in [4.78, 5) is 37.9. The number of ether oxygens (including phenoxy) is 3. The number of unbranched alkanes of at least 4 members (excludes halogenated alkanes) is 25. The van der Waals surface area contributed by atoms with E-state index in [1.165, 1.54) is 122 Å². The molecule has 6 nitrogen and oxygen atoms in total. The molecule has 0 amide bonds. The van der Waals surface area contributed by atoms with Crippen molar-refractivity contribution in [3.8, 4) is 0 Å². The van der Waals surface area contributed by atoms with Crippen molar-refractivity contribution < 1.29 is 28.6 Å². The van der Waals surface area contributed by atoms with Crippen molar-refractivity contribution in [2.24, 2.45) is 0 Å². The summed E-state index contributed by atoms with van der Waals surface area (Å²) in [7, 11) is 0. The molecule has 6 heteroatoms. The molecule has 0 aliphatic heterocycles. The van der Waals surface area contributed by atoms with Gasteiger partial charge in [-0.2, -0.15) is 0 Å². The second kappa shape index (κ2) is 49.8. The first-order chi connectivity index (χ1) is 30.0. The van der Waals surface area contributed by atoms with Gasteiger partial charge < -0.3 is 14.2 Å². The van der Waals surface area contributed by atoms with Crippen LogP contribution in [-0.4, -0.2) is 37.2 Å². The van der Waals surface area contributed by atoms with Crippen molar-refractivity contribution in [3.63, 3.8) is 0 Å². The molecule has 0 heterocycles. The number of esters is 3. The summed E-state index contributed by atoms with van der Waals surface area (Å²) < 4.78 is 16.8. The lowest BCUT2D eigenvalue weighted by Crippen LogP contribution is -2.30. The molecule has 0 aliphatic rings. The molecule has 0 fully saturated rings. The number of rotatable bonds is 46. The SMILES string of the molecule is CC/C=C\C/C=C\C/C=C\C/C=C\CCCCC(=O)O[C@H](COC(=O)CCCCCCC/C=C\CCCCCC)COC(=O)CCCCCCCCCCCCCCCCC. The van der Waals surface area contributed by atoms with Crippen molar-refractivity contribution in [2.75, 3.05) is 13.2 Å². The zero-order chi connectivity index (χ0) is 44.4. The fraction of sp³-hybridized carbons (Fsp3) is 0.764. The lowest BCUT2D eigenvalue weighted by Gasteiger charge is -2.18. The highest BCUT2D eigenvalue weighted by Gasteiger charge is 2.19. The lowest BCUT2D eigenvalue weighted by molar-refractivity contribution is -0.167. The Morgan fingerprint density at radius 1 is 0.344 bits per heavy atom. The van der Waals surface area contributed by atoms with Crippen molar-refractivity contribution >= 4 is 17.9 Å². The molecule has 0 spiro atoms. The van der Waals surface area contributed by atoms with E-state index in [4.69, 9.17) is 14.2 Å². The summed E-state index contributed by atoms with van der Waals surface area (Å²) in [5, 5.41) is 0. The first-order valence-electron chi connectivity index (χ1n) is 25.8. The highest BCUT2D eigenvalue weighted by atomic mass is 16.6. The van der Waals surface area contributed by atoms with E-state index in [1.54, 1.807) is 0 Å². The van der Waals surface area contributed by atoms with Gasteiger partial charge in [-0.05, 0) is 83.5 Å². The molecule has 0 saturated carbocycles. The van der Waals surface area contributed by atoms with E-state index < -0.39 is 6.10 Å². The van der Waals surface area contributed by atoms with Crippen molar-refractivity contribution in [1.82, 2.24) is 0 Å². The van der Waals surface area contributed by atoms with E-state index in [2.05, 4.69) is 81.5 Å². The topological polar surface area (TPSA) is 78.9 Å². The molecule has 0 saturated heterocycles. The lowest BCUT2D eigenvalue weighted by atomic mass is 10.0. The van der Waals surface area contributed by atoms with Crippen molar-refractivity contribution in [1.29, 1.82) is 0 Å². The van der Waals surface area contributed by atoms with E-state index in [-0.39, 0.29) is 37.5 Å². The maximum absolute atomic E-state index is 12.8. The summed E-state index contributed by atoms with van der Waals surface area (Å²) in [6.07, 6.45) is 60.6. The second-order valence-corrected chi connectivity index (χ2v) is 17.1. The van der Waals surface area contributed by atoms with Gasteiger partial charge in [-0.3, -0.25) is 14.4 Å². The number of carbonyl (C=O) groups is 3. The number of hydrogen-bond acceptors (Lipinski definition) is 6. The van der Waals surface area contributed by atoms with Crippen LogP contribution < -0.4 is 0 Å². The van der Waals surface area contributed by atoms with Crippen LogP contribution in [0.3, 0.4) is 0 Å². The average molecular weight is 853 g/mol. The Labute approximate surface area is 377 Å². The van der Waals surface area contributed by atoms with Crippen LogP contribution in [0.25, 0.3) is 0 Å². The van der Waals surface area contributed by atoms with E-state index in [0.29, 0.717) is 19.3 Å². The summed E-state index contributed by atoms with van der Waals surface area (Å²) in [5.74, 6) is -0.937. The van der Waals surface area contributed by atoms with Gasteiger partial charge in [0, 0.05) is 19.3 Å². The van der Waals surface area contributed by atoms with E-state index >= 15 is 0 Å². The Kier molecular flexibility index (Phi) is 47.4. The van der Waals surface area contributed by atoms with Crippen LogP contribution in [0.2, 0.25) is 0 Å². The molecule has 0 rings (SSSR count). The average Bonchev–Trinajstić information content (AvgIpc) is 3.26. The van der Waals surface area contributed by atoms with Gasteiger partial charge in [-0.15, -0.1) is 0 Å². The Morgan fingerprint density at radius 3 is 1.07 bits per heavy atom. The minimum absolute atomic E-state index is 0.0915. The van der Waals surface area contributed by atoms with Crippen LogP contribution in [-0.2, 0) is 28.6 Å². The summed E-state index contributed by atoms with van der Waals surface area (Å²) in [5.41, 5.74) is 0. The largest absolute Gasteiger partial charge is 0.462 e. The van der Waals surface area contributed by atoms with E-state index in [0.717, 1.165) is 83.5 Å². The molecule has 0 aromatic heterocycles. The molecule has 0 radical (unpaired) electrons. The molecule has 0 bridgehead atoms. The van der Waals surface area contributed by atoms with Crippen molar-refractivity contribution in [2.45, 2.75) is 258 Å². The van der Waals surface area contributed by atoms with Gasteiger partial charge in [-0.25, -0.2) is 0 Å². The molecule has 61 heavy (non-hydrogen) atoms. The first-order valence-corrected chi connectivity index (χ1v) is 25.8. The molecule has 352 valence electrons. The second-order valence-electron chi connectivity index (χ2n) is 17.1. The van der Waals surface area contributed by atoms with Crippen LogP contribution in [0.1, 0.15) is 252 Å². The van der Waals surface area contributed by atoms with E-state index in [1.807, 2.05) is 0 Å². The number of carbonyl (C=O) groups excluding carboxylic acids is 3. The van der Waals surface area contributed by atoms with Crippen LogP contribution >= 0.6 is 0 Å². The van der Waals surface area contributed by atoms with Gasteiger partial charge in [0.05, 0.1) is 0 Å². The summed E-state index contributed by atoms with van der Waals surface area (Å²) in [6.45, 7) is 6.48. The molecule has 0 unspecified atom stereocenters.